The molecular weight excluding hydrogens is 433 g/mol. The Bertz CT molecular complexity index is 1170. The Balaban J connectivity index is 1.83. The summed E-state index contributed by atoms with van der Waals surface area (Å²) in [5.74, 6) is 0.0878. The molecule has 1 atom stereocenters. The molecule has 1 aliphatic carbocycles. The van der Waals surface area contributed by atoms with Gasteiger partial charge in [-0.05, 0) is 53.9 Å². The van der Waals surface area contributed by atoms with Crippen LogP contribution in [0.1, 0.15) is 48.9 Å². The van der Waals surface area contributed by atoms with E-state index >= 15 is 0 Å². The predicted octanol–water partition coefficient (Wildman–Crippen LogP) is 6.68. The van der Waals surface area contributed by atoms with Crippen molar-refractivity contribution in [3.05, 3.63) is 94.5 Å². The largest absolute Gasteiger partial charge is 0.546 e. The highest BCUT2D eigenvalue weighted by atomic mass is 28.4. The van der Waals surface area contributed by atoms with Crippen molar-refractivity contribution in [1.29, 1.82) is 0 Å². The third-order valence-electron chi connectivity index (χ3n) is 6.99. The number of fused-ring (bicyclic) bond motifs is 1. The van der Waals surface area contributed by atoms with Gasteiger partial charge in [-0.2, -0.15) is 0 Å². The van der Waals surface area contributed by atoms with E-state index in [-0.39, 0.29) is 22.6 Å². The second-order valence-electron chi connectivity index (χ2n) is 10.3. The molecule has 3 aromatic rings. The van der Waals surface area contributed by atoms with Crippen LogP contribution < -0.4 is 0 Å². The molecule has 0 radical (unpaired) electrons. The first kappa shape index (κ1) is 23.2. The van der Waals surface area contributed by atoms with Crippen molar-refractivity contribution in [1.82, 2.24) is 4.57 Å². The summed E-state index contributed by atoms with van der Waals surface area (Å²) in [5, 5.41) is 22.4. The van der Waals surface area contributed by atoms with Crippen molar-refractivity contribution in [3.8, 4) is 11.8 Å². The lowest BCUT2D eigenvalue weighted by atomic mass is 9.84. The molecule has 0 bridgehead atoms. The monoisotopic (exact) mass is 465 g/mol. The molecule has 0 amide bonds. The maximum Gasteiger partial charge on any atom is 0.250 e. The van der Waals surface area contributed by atoms with Gasteiger partial charge < -0.3 is 14.6 Å². The zero-order valence-corrected chi connectivity index (χ0v) is 20.9. The smallest absolute Gasteiger partial charge is 0.250 e. The molecule has 0 aliphatic heterocycles. The molecule has 0 fully saturated rings. The van der Waals surface area contributed by atoms with E-state index in [0.717, 1.165) is 16.9 Å². The summed E-state index contributed by atoms with van der Waals surface area (Å²) in [6.07, 6.45) is 2.46. The fourth-order valence-electron chi connectivity index (χ4n) is 4.08. The van der Waals surface area contributed by atoms with Crippen LogP contribution in [-0.4, -0.2) is 23.1 Å². The molecule has 0 saturated carbocycles. The Hall–Kier alpha value is -2.99. The van der Waals surface area contributed by atoms with E-state index in [1.54, 1.807) is 16.7 Å². The van der Waals surface area contributed by atoms with Crippen molar-refractivity contribution in [3.63, 3.8) is 0 Å². The molecule has 0 spiro atoms. The van der Waals surface area contributed by atoms with Crippen LogP contribution in [0.25, 0.3) is 0 Å². The lowest BCUT2D eigenvalue weighted by Gasteiger charge is -2.40. The van der Waals surface area contributed by atoms with Crippen molar-refractivity contribution < 1.29 is 19.0 Å². The topological polar surface area (TPSA) is 54.6 Å². The summed E-state index contributed by atoms with van der Waals surface area (Å²) in [5.41, 5.74) is 3.10. The van der Waals surface area contributed by atoms with Crippen LogP contribution in [0, 0.1) is 5.82 Å². The minimum absolute atomic E-state index is 0.00904. The van der Waals surface area contributed by atoms with Crippen molar-refractivity contribution in [2.45, 2.75) is 57.8 Å². The SMILES string of the molecule is CC(C)(C)[Si](C)(C)OC1=CCc2c(c(O)n(Cc3ccccc3)c2O)[C@H]1c1ccc(F)cc1. The highest BCUT2D eigenvalue weighted by Crippen LogP contribution is 2.50. The number of aromatic hydroxyl groups is 2. The van der Waals surface area contributed by atoms with E-state index in [4.69, 9.17) is 4.43 Å². The van der Waals surface area contributed by atoms with Gasteiger partial charge in [0.25, 0.3) is 0 Å². The highest BCUT2D eigenvalue weighted by Gasteiger charge is 2.43. The van der Waals surface area contributed by atoms with Gasteiger partial charge in [0.15, 0.2) is 11.8 Å². The first-order valence-electron chi connectivity index (χ1n) is 11.3. The molecular formula is C27H32FNO3Si. The Kier molecular flexibility index (Phi) is 5.91. The molecule has 33 heavy (non-hydrogen) atoms. The lowest BCUT2D eigenvalue weighted by Crippen LogP contribution is -2.41. The fourth-order valence-corrected chi connectivity index (χ4v) is 5.18. The average molecular weight is 466 g/mol. The standard InChI is InChI=1S/C27H32FNO3Si/c1-27(2,3)33(4,5)32-22-16-15-21-24(23(22)19-11-13-20(28)14-12-19)26(31)29(25(21)30)17-18-9-7-6-8-10-18/h6-14,16,23,30-31H,15,17H2,1-5H3/t23-/m0/s1. The zero-order chi connectivity index (χ0) is 24.0. The molecule has 1 aromatic heterocycles. The quantitative estimate of drug-likeness (QED) is 0.413. The minimum atomic E-state index is -2.18. The number of rotatable bonds is 5. The second kappa shape index (κ2) is 8.41. The van der Waals surface area contributed by atoms with E-state index in [0.29, 0.717) is 24.1 Å². The Morgan fingerprint density at radius 1 is 1.00 bits per heavy atom. The van der Waals surface area contributed by atoms with Gasteiger partial charge in [0.05, 0.1) is 18.2 Å². The normalized spacial score (nSPS) is 16.3. The molecule has 4 nitrogen and oxygen atoms in total. The Labute approximate surface area is 196 Å². The number of halogens is 1. The highest BCUT2D eigenvalue weighted by molar-refractivity contribution is 6.74. The molecule has 1 aliphatic rings. The second-order valence-corrected chi connectivity index (χ2v) is 15.0. The maximum absolute atomic E-state index is 13.7. The summed E-state index contributed by atoms with van der Waals surface area (Å²) in [7, 11) is -2.18. The van der Waals surface area contributed by atoms with Gasteiger partial charge in [0.1, 0.15) is 5.82 Å². The van der Waals surface area contributed by atoms with Gasteiger partial charge in [-0.15, -0.1) is 0 Å². The average Bonchev–Trinajstić information content (AvgIpc) is 2.99. The number of benzene rings is 2. The Morgan fingerprint density at radius 2 is 1.64 bits per heavy atom. The lowest BCUT2D eigenvalue weighted by molar-refractivity contribution is 0.350. The van der Waals surface area contributed by atoms with Crippen LogP contribution in [0.4, 0.5) is 4.39 Å². The summed E-state index contributed by atoms with van der Waals surface area (Å²) in [6.45, 7) is 11.3. The zero-order valence-electron chi connectivity index (χ0n) is 19.9. The maximum atomic E-state index is 13.7. The number of aromatic nitrogens is 1. The predicted molar refractivity (Wildman–Crippen MR) is 132 cm³/mol. The summed E-state index contributed by atoms with van der Waals surface area (Å²) in [6, 6.07) is 16.0. The van der Waals surface area contributed by atoms with Gasteiger partial charge in [-0.25, -0.2) is 4.39 Å². The number of nitrogens with zero attached hydrogens (tertiary/aromatic N) is 1. The van der Waals surface area contributed by atoms with Gasteiger partial charge in [0.2, 0.25) is 8.32 Å². The molecule has 2 aromatic carbocycles. The Morgan fingerprint density at radius 3 is 2.24 bits per heavy atom. The molecule has 2 N–H and O–H groups in total. The van der Waals surface area contributed by atoms with Crippen LogP contribution in [0.15, 0.2) is 66.4 Å². The van der Waals surface area contributed by atoms with Crippen molar-refractivity contribution in [2.24, 2.45) is 0 Å². The van der Waals surface area contributed by atoms with Gasteiger partial charge >= 0.3 is 0 Å². The van der Waals surface area contributed by atoms with Crippen LogP contribution in [-0.2, 0) is 17.4 Å². The summed E-state index contributed by atoms with van der Waals surface area (Å²) < 4.78 is 22.0. The van der Waals surface area contributed by atoms with Crippen LogP contribution in [0.2, 0.25) is 18.1 Å². The van der Waals surface area contributed by atoms with E-state index in [1.807, 2.05) is 36.4 Å². The van der Waals surface area contributed by atoms with Crippen LogP contribution in [0.5, 0.6) is 11.8 Å². The first-order chi connectivity index (χ1) is 15.5. The van der Waals surface area contributed by atoms with E-state index < -0.39 is 14.2 Å². The van der Waals surface area contributed by atoms with Crippen LogP contribution in [0.3, 0.4) is 0 Å². The summed E-state index contributed by atoms with van der Waals surface area (Å²) >= 11 is 0. The van der Waals surface area contributed by atoms with Crippen molar-refractivity contribution in [2.75, 3.05) is 0 Å². The fraction of sp³-hybridized carbons (Fsp3) is 0.333. The molecule has 4 rings (SSSR count). The van der Waals surface area contributed by atoms with Gasteiger partial charge in [-0.1, -0.05) is 63.2 Å². The van der Waals surface area contributed by atoms with Crippen LogP contribution >= 0.6 is 0 Å². The molecule has 0 saturated heterocycles. The molecule has 0 unspecified atom stereocenters. The summed E-state index contributed by atoms with van der Waals surface area (Å²) in [4.78, 5) is 0. The number of hydrogen-bond donors (Lipinski definition) is 2. The third-order valence-corrected chi connectivity index (χ3v) is 11.4. The first-order valence-corrected chi connectivity index (χ1v) is 14.2. The van der Waals surface area contributed by atoms with E-state index in [2.05, 4.69) is 33.9 Å². The third kappa shape index (κ3) is 4.32. The van der Waals surface area contributed by atoms with E-state index in [9.17, 15) is 14.6 Å². The molecule has 174 valence electrons. The minimum Gasteiger partial charge on any atom is -0.546 e. The van der Waals surface area contributed by atoms with Crippen molar-refractivity contribution >= 4 is 8.32 Å². The van der Waals surface area contributed by atoms with Gasteiger partial charge in [0, 0.05) is 11.1 Å². The molecule has 1 heterocycles. The van der Waals surface area contributed by atoms with E-state index in [1.165, 1.54) is 12.1 Å². The molecule has 6 heteroatoms. The van der Waals surface area contributed by atoms with Gasteiger partial charge in [-0.3, -0.25) is 4.57 Å². The number of hydrogen-bond acceptors (Lipinski definition) is 3. The number of allylic oxidation sites excluding steroid dienone is 2.